The summed E-state index contributed by atoms with van der Waals surface area (Å²) in [5.41, 5.74) is 5.41. The summed E-state index contributed by atoms with van der Waals surface area (Å²) in [5.74, 6) is 1.65. The first-order valence-electron chi connectivity index (χ1n) is 5.68. The van der Waals surface area contributed by atoms with Gasteiger partial charge in [0, 0.05) is 11.3 Å². The molecule has 0 radical (unpaired) electrons. The van der Waals surface area contributed by atoms with Crippen LogP contribution in [0.5, 0.6) is 0 Å². The second-order valence-electron chi connectivity index (χ2n) is 3.74. The van der Waals surface area contributed by atoms with Gasteiger partial charge in [-0.25, -0.2) is 4.39 Å². The average molecular weight is 267 g/mol. The molecule has 0 unspecified atom stereocenters. The fraction of sp³-hybridized carbons (Fsp3) is 0.333. The number of nitrogens with two attached hydrogens (primary N) is 1. The van der Waals surface area contributed by atoms with Crippen molar-refractivity contribution in [2.45, 2.75) is 23.5 Å². The minimum absolute atomic E-state index is 0.233. The van der Waals surface area contributed by atoms with E-state index in [9.17, 15) is 4.39 Å². The van der Waals surface area contributed by atoms with Crippen LogP contribution in [0.15, 0.2) is 33.7 Å². The number of benzene rings is 1. The number of thioether (sulfide) groups is 1. The second-order valence-corrected chi connectivity index (χ2v) is 4.79. The molecule has 0 amide bonds. The maximum Gasteiger partial charge on any atom is 0.226 e. The molecule has 2 rings (SSSR count). The van der Waals surface area contributed by atoms with Crippen LogP contribution in [0.2, 0.25) is 0 Å². The van der Waals surface area contributed by atoms with E-state index in [1.54, 1.807) is 23.9 Å². The Labute approximate surface area is 109 Å². The summed E-state index contributed by atoms with van der Waals surface area (Å²) in [6.07, 6.45) is 1.55. The number of hydrogen-bond acceptors (Lipinski definition) is 5. The first-order valence-corrected chi connectivity index (χ1v) is 6.66. The summed E-state index contributed by atoms with van der Waals surface area (Å²) >= 11 is 1.54. The predicted molar refractivity (Wildman–Crippen MR) is 67.6 cm³/mol. The first-order chi connectivity index (χ1) is 8.78. The van der Waals surface area contributed by atoms with E-state index in [1.807, 2.05) is 0 Å². The van der Waals surface area contributed by atoms with E-state index in [-0.39, 0.29) is 5.82 Å². The molecule has 1 aromatic carbocycles. The standard InChI is InChI=1S/C12H14FN3OS/c13-9-3-5-10(6-4-9)18-8-11-15-12(17-16-11)2-1-7-14/h3-6H,1-2,7-8,14H2. The molecule has 2 N–H and O–H groups in total. The van der Waals surface area contributed by atoms with Crippen molar-refractivity contribution in [3.05, 3.63) is 41.8 Å². The molecular weight excluding hydrogens is 253 g/mol. The van der Waals surface area contributed by atoms with Gasteiger partial charge in [0.15, 0.2) is 5.82 Å². The summed E-state index contributed by atoms with van der Waals surface area (Å²) in [4.78, 5) is 5.23. The van der Waals surface area contributed by atoms with Gasteiger partial charge in [-0.05, 0) is 37.2 Å². The zero-order valence-corrected chi connectivity index (χ0v) is 10.6. The summed E-state index contributed by atoms with van der Waals surface area (Å²) in [5, 5.41) is 3.88. The molecule has 0 aliphatic heterocycles. The predicted octanol–water partition coefficient (Wildman–Crippen LogP) is 2.39. The zero-order valence-electron chi connectivity index (χ0n) is 9.80. The molecule has 0 aliphatic rings. The molecule has 1 aromatic heterocycles. The van der Waals surface area contributed by atoms with Crippen LogP contribution in [0, 0.1) is 5.82 Å². The lowest BCUT2D eigenvalue weighted by atomic mass is 10.3. The Morgan fingerprint density at radius 2 is 2.06 bits per heavy atom. The second kappa shape index (κ2) is 6.51. The van der Waals surface area contributed by atoms with Crippen LogP contribution < -0.4 is 5.73 Å². The van der Waals surface area contributed by atoms with Crippen LogP contribution >= 0.6 is 11.8 Å². The Hall–Kier alpha value is -1.40. The third kappa shape index (κ3) is 3.82. The zero-order chi connectivity index (χ0) is 12.8. The smallest absolute Gasteiger partial charge is 0.226 e. The van der Waals surface area contributed by atoms with Gasteiger partial charge < -0.3 is 10.3 Å². The van der Waals surface area contributed by atoms with E-state index in [0.29, 0.717) is 30.4 Å². The third-order valence-corrected chi connectivity index (χ3v) is 3.29. The SMILES string of the molecule is NCCCc1nc(CSc2ccc(F)cc2)no1. The summed E-state index contributed by atoms with van der Waals surface area (Å²) in [7, 11) is 0. The molecule has 4 nitrogen and oxygen atoms in total. The lowest BCUT2D eigenvalue weighted by Crippen LogP contribution is -2.00. The van der Waals surface area contributed by atoms with Gasteiger partial charge in [-0.15, -0.1) is 11.8 Å². The van der Waals surface area contributed by atoms with Crippen molar-refractivity contribution in [3.8, 4) is 0 Å². The van der Waals surface area contributed by atoms with Crippen LogP contribution in [-0.4, -0.2) is 16.7 Å². The number of aromatic nitrogens is 2. The number of aryl methyl sites for hydroxylation is 1. The minimum atomic E-state index is -0.233. The normalized spacial score (nSPS) is 10.8. The molecule has 1 heterocycles. The lowest BCUT2D eigenvalue weighted by molar-refractivity contribution is 0.372. The van der Waals surface area contributed by atoms with Crippen LogP contribution in [0.1, 0.15) is 18.1 Å². The van der Waals surface area contributed by atoms with E-state index in [4.69, 9.17) is 10.3 Å². The molecule has 18 heavy (non-hydrogen) atoms. The average Bonchev–Trinajstić information content (AvgIpc) is 2.84. The van der Waals surface area contributed by atoms with E-state index in [2.05, 4.69) is 10.1 Å². The van der Waals surface area contributed by atoms with Gasteiger partial charge in [0.25, 0.3) is 0 Å². The van der Waals surface area contributed by atoms with Gasteiger partial charge in [-0.1, -0.05) is 5.16 Å². The number of hydrogen-bond donors (Lipinski definition) is 1. The highest BCUT2D eigenvalue weighted by Crippen LogP contribution is 2.21. The summed E-state index contributed by atoms with van der Waals surface area (Å²) in [6, 6.07) is 6.33. The van der Waals surface area contributed by atoms with Crippen molar-refractivity contribution in [3.63, 3.8) is 0 Å². The molecule has 0 fully saturated rings. The van der Waals surface area contributed by atoms with E-state index in [0.717, 1.165) is 11.3 Å². The minimum Gasteiger partial charge on any atom is -0.339 e. The lowest BCUT2D eigenvalue weighted by Gasteiger charge is -1.97. The van der Waals surface area contributed by atoms with Crippen LogP contribution in [-0.2, 0) is 12.2 Å². The molecular formula is C12H14FN3OS. The van der Waals surface area contributed by atoms with E-state index in [1.165, 1.54) is 12.1 Å². The summed E-state index contributed by atoms with van der Waals surface area (Å²) in [6.45, 7) is 0.613. The third-order valence-electron chi connectivity index (χ3n) is 2.29. The molecule has 0 bridgehead atoms. The molecule has 2 aromatic rings. The van der Waals surface area contributed by atoms with Crippen molar-refractivity contribution < 1.29 is 8.91 Å². The van der Waals surface area contributed by atoms with Gasteiger partial charge >= 0.3 is 0 Å². The summed E-state index contributed by atoms with van der Waals surface area (Å²) < 4.78 is 17.8. The van der Waals surface area contributed by atoms with Crippen LogP contribution in [0.3, 0.4) is 0 Å². The Kier molecular flexibility index (Phi) is 4.72. The Morgan fingerprint density at radius 3 is 2.78 bits per heavy atom. The van der Waals surface area contributed by atoms with Gasteiger partial charge in [-0.2, -0.15) is 4.98 Å². The molecule has 96 valence electrons. The van der Waals surface area contributed by atoms with Crippen molar-refractivity contribution >= 4 is 11.8 Å². The Balaban J connectivity index is 1.86. The fourth-order valence-corrected chi connectivity index (χ4v) is 2.12. The van der Waals surface area contributed by atoms with Crippen molar-refractivity contribution in [2.24, 2.45) is 5.73 Å². The number of rotatable bonds is 6. The molecule has 0 saturated carbocycles. The molecule has 0 aliphatic carbocycles. The first kappa shape index (κ1) is 13.0. The Morgan fingerprint density at radius 1 is 1.28 bits per heavy atom. The van der Waals surface area contributed by atoms with Gasteiger partial charge in [0.1, 0.15) is 5.82 Å². The van der Waals surface area contributed by atoms with Crippen LogP contribution in [0.25, 0.3) is 0 Å². The van der Waals surface area contributed by atoms with Crippen molar-refractivity contribution in [1.82, 2.24) is 10.1 Å². The highest BCUT2D eigenvalue weighted by molar-refractivity contribution is 7.98. The van der Waals surface area contributed by atoms with Gasteiger partial charge in [0.2, 0.25) is 5.89 Å². The molecule has 0 spiro atoms. The van der Waals surface area contributed by atoms with Gasteiger partial charge in [-0.3, -0.25) is 0 Å². The highest BCUT2D eigenvalue weighted by atomic mass is 32.2. The molecule has 0 saturated heterocycles. The number of halogens is 1. The van der Waals surface area contributed by atoms with Crippen LogP contribution in [0.4, 0.5) is 4.39 Å². The monoisotopic (exact) mass is 267 g/mol. The molecule has 0 atom stereocenters. The van der Waals surface area contributed by atoms with E-state index < -0.39 is 0 Å². The van der Waals surface area contributed by atoms with E-state index >= 15 is 0 Å². The Bertz CT molecular complexity index is 486. The highest BCUT2D eigenvalue weighted by Gasteiger charge is 2.06. The maximum atomic E-state index is 12.7. The fourth-order valence-electron chi connectivity index (χ4n) is 1.38. The maximum absolute atomic E-state index is 12.7. The van der Waals surface area contributed by atoms with Crippen molar-refractivity contribution in [1.29, 1.82) is 0 Å². The van der Waals surface area contributed by atoms with Crippen molar-refractivity contribution in [2.75, 3.05) is 6.54 Å². The molecule has 6 heteroatoms. The largest absolute Gasteiger partial charge is 0.339 e. The quantitative estimate of drug-likeness (QED) is 0.814. The topological polar surface area (TPSA) is 64.9 Å². The van der Waals surface area contributed by atoms with Gasteiger partial charge in [0.05, 0.1) is 5.75 Å². The number of nitrogens with zero attached hydrogens (tertiary/aromatic N) is 2.